The Labute approximate surface area is 134 Å². The number of sulfonamides is 1. The van der Waals surface area contributed by atoms with Crippen LogP contribution in [0.1, 0.15) is 37.6 Å². The quantitative estimate of drug-likeness (QED) is 0.823. The Morgan fingerprint density at radius 3 is 2.33 bits per heavy atom. The Hall–Kier alpha value is -0.820. The summed E-state index contributed by atoms with van der Waals surface area (Å²) in [5, 5.41) is 4.79. The van der Waals surface area contributed by atoms with Crippen molar-refractivity contribution in [1.82, 2.24) is 0 Å². The lowest BCUT2D eigenvalue weighted by molar-refractivity contribution is 0.0299. The number of hydrogen-bond donors (Lipinski definition) is 1. The Bertz CT molecular complexity index is 644. The molecule has 0 saturated heterocycles. The van der Waals surface area contributed by atoms with Gasteiger partial charge in [-0.3, -0.25) is 0 Å². The molecule has 1 unspecified atom stereocenters. The number of hydrogen-bond acceptors (Lipinski definition) is 4. The number of benzene rings is 1. The smallest absolute Gasteiger partial charge is 0.340 e. The van der Waals surface area contributed by atoms with Crippen molar-refractivity contribution >= 4 is 39.2 Å². The summed E-state index contributed by atoms with van der Waals surface area (Å²) in [6.45, 7) is 5.74. The van der Waals surface area contributed by atoms with Crippen LogP contribution in [0.4, 0.5) is 0 Å². The molecule has 2 N–H and O–H groups in total. The molecule has 0 aliphatic heterocycles. The lowest BCUT2D eigenvalue weighted by Crippen LogP contribution is -2.19. The molecular formula is C13H17Cl2NO4S. The van der Waals surface area contributed by atoms with E-state index in [4.69, 9.17) is 33.1 Å². The highest BCUT2D eigenvalue weighted by Crippen LogP contribution is 2.29. The van der Waals surface area contributed by atoms with Crippen LogP contribution in [0.2, 0.25) is 10.0 Å². The van der Waals surface area contributed by atoms with Gasteiger partial charge in [-0.15, -0.1) is 0 Å². The molecule has 0 aliphatic carbocycles. The van der Waals surface area contributed by atoms with E-state index in [9.17, 15) is 13.2 Å². The van der Waals surface area contributed by atoms with Gasteiger partial charge in [0.05, 0.1) is 16.7 Å². The van der Waals surface area contributed by atoms with Crippen LogP contribution in [0.15, 0.2) is 17.0 Å². The van der Waals surface area contributed by atoms with E-state index < -0.39 is 20.9 Å². The molecule has 1 rings (SSSR count). The molecule has 1 aromatic rings. The summed E-state index contributed by atoms with van der Waals surface area (Å²) in [5.41, 5.74) is -0.121. The number of ether oxygens (including phenoxy) is 1. The molecule has 118 valence electrons. The number of carbonyl (C=O) groups excluding carboxylic acids is 1. The summed E-state index contributed by atoms with van der Waals surface area (Å²) < 4.78 is 28.1. The molecule has 0 radical (unpaired) electrons. The van der Waals surface area contributed by atoms with Gasteiger partial charge in [-0.05, 0) is 31.4 Å². The first-order valence-electron chi connectivity index (χ1n) is 6.25. The van der Waals surface area contributed by atoms with Gasteiger partial charge in [-0.2, -0.15) is 0 Å². The van der Waals surface area contributed by atoms with E-state index in [1.54, 1.807) is 6.92 Å². The van der Waals surface area contributed by atoms with Crippen molar-refractivity contribution in [3.8, 4) is 0 Å². The van der Waals surface area contributed by atoms with Gasteiger partial charge >= 0.3 is 5.97 Å². The molecule has 0 aromatic heterocycles. The second kappa shape index (κ2) is 6.96. The number of halogens is 2. The Morgan fingerprint density at radius 1 is 1.29 bits per heavy atom. The zero-order valence-corrected chi connectivity index (χ0v) is 14.2. The van der Waals surface area contributed by atoms with Gasteiger partial charge < -0.3 is 4.74 Å². The van der Waals surface area contributed by atoms with Gasteiger partial charge in [0.1, 0.15) is 4.90 Å². The maximum Gasteiger partial charge on any atom is 0.340 e. The van der Waals surface area contributed by atoms with E-state index in [-0.39, 0.29) is 21.7 Å². The molecule has 8 heteroatoms. The van der Waals surface area contributed by atoms with Crippen LogP contribution < -0.4 is 5.14 Å². The molecule has 0 bridgehead atoms. The van der Waals surface area contributed by atoms with Crippen molar-refractivity contribution in [2.24, 2.45) is 11.1 Å². The maximum atomic E-state index is 12.1. The van der Waals surface area contributed by atoms with Crippen molar-refractivity contribution < 1.29 is 17.9 Å². The van der Waals surface area contributed by atoms with Gasteiger partial charge in [0.15, 0.2) is 0 Å². The molecule has 1 aromatic carbocycles. The fourth-order valence-electron chi connectivity index (χ4n) is 1.88. The third kappa shape index (κ3) is 5.14. The monoisotopic (exact) mass is 353 g/mol. The van der Waals surface area contributed by atoms with E-state index in [0.717, 1.165) is 6.07 Å². The van der Waals surface area contributed by atoms with Gasteiger partial charge in [0.25, 0.3) is 0 Å². The van der Waals surface area contributed by atoms with Crippen LogP contribution in [0.3, 0.4) is 0 Å². The second-order valence-corrected chi connectivity index (χ2v) is 7.50. The first kappa shape index (κ1) is 18.2. The predicted octanol–water partition coefficient (Wildman–Crippen LogP) is 3.23. The van der Waals surface area contributed by atoms with E-state index in [0.29, 0.717) is 12.3 Å². The fraction of sp³-hybridized carbons (Fsp3) is 0.462. The summed E-state index contributed by atoms with van der Waals surface area (Å²) >= 11 is 11.7. The van der Waals surface area contributed by atoms with Gasteiger partial charge in [-0.1, -0.05) is 37.0 Å². The Balaban J connectivity index is 3.14. The lowest BCUT2D eigenvalue weighted by atomic mass is 10.1. The van der Waals surface area contributed by atoms with Crippen molar-refractivity contribution in [1.29, 1.82) is 0 Å². The summed E-state index contributed by atoms with van der Waals surface area (Å²) in [6.07, 6.45) is 0.344. The summed E-state index contributed by atoms with van der Waals surface area (Å²) in [5.74, 6) is -0.386. The molecule has 0 heterocycles. The highest BCUT2D eigenvalue weighted by atomic mass is 35.5. The third-order valence-corrected chi connectivity index (χ3v) is 4.31. The highest BCUT2D eigenvalue weighted by Gasteiger charge is 2.23. The fourth-order valence-corrected chi connectivity index (χ4v) is 3.32. The normalized spacial score (nSPS) is 13.3. The van der Waals surface area contributed by atoms with Crippen molar-refractivity contribution in [2.75, 3.05) is 0 Å². The minimum atomic E-state index is -4.08. The lowest BCUT2D eigenvalue weighted by Gasteiger charge is -2.16. The van der Waals surface area contributed by atoms with E-state index in [2.05, 4.69) is 0 Å². The molecule has 21 heavy (non-hydrogen) atoms. The average Bonchev–Trinajstić information content (AvgIpc) is 2.28. The zero-order valence-electron chi connectivity index (χ0n) is 11.9. The van der Waals surface area contributed by atoms with E-state index >= 15 is 0 Å². The topological polar surface area (TPSA) is 86.5 Å². The number of primary sulfonamides is 1. The minimum Gasteiger partial charge on any atom is -0.459 e. The molecule has 5 nitrogen and oxygen atoms in total. The molecule has 0 saturated carbocycles. The van der Waals surface area contributed by atoms with Gasteiger partial charge in [0.2, 0.25) is 10.0 Å². The third-order valence-electron chi connectivity index (χ3n) is 2.64. The van der Waals surface area contributed by atoms with Crippen LogP contribution in [-0.4, -0.2) is 20.5 Å². The summed E-state index contributed by atoms with van der Waals surface area (Å²) in [7, 11) is -4.08. The Morgan fingerprint density at radius 2 is 1.86 bits per heavy atom. The average molecular weight is 354 g/mol. The van der Waals surface area contributed by atoms with Crippen molar-refractivity contribution in [3.63, 3.8) is 0 Å². The van der Waals surface area contributed by atoms with Gasteiger partial charge in [-0.25, -0.2) is 18.4 Å². The SMILES string of the molecule is CC(C)CC(C)OC(=O)c1cc(Cl)cc(S(N)(=O)=O)c1Cl. The number of esters is 1. The largest absolute Gasteiger partial charge is 0.459 e. The maximum absolute atomic E-state index is 12.1. The summed E-state index contributed by atoms with van der Waals surface area (Å²) in [6, 6.07) is 2.34. The van der Waals surface area contributed by atoms with Crippen LogP contribution in [0, 0.1) is 5.92 Å². The number of nitrogens with two attached hydrogens (primary N) is 1. The second-order valence-electron chi connectivity index (χ2n) is 5.16. The molecule has 0 aliphatic rings. The number of rotatable bonds is 5. The first-order valence-corrected chi connectivity index (χ1v) is 8.55. The zero-order chi connectivity index (χ0) is 16.4. The molecule has 0 amide bonds. The van der Waals surface area contributed by atoms with Crippen LogP contribution in [-0.2, 0) is 14.8 Å². The van der Waals surface area contributed by atoms with E-state index in [1.807, 2.05) is 13.8 Å². The minimum absolute atomic E-state index is 0.0342. The number of carbonyl (C=O) groups is 1. The van der Waals surface area contributed by atoms with E-state index in [1.165, 1.54) is 6.07 Å². The summed E-state index contributed by atoms with van der Waals surface area (Å²) in [4.78, 5) is 11.7. The standard InChI is InChI=1S/C13H17Cl2NO4S/c1-7(2)4-8(3)20-13(17)10-5-9(14)6-11(12(10)15)21(16,18)19/h5-8H,4H2,1-3H3,(H2,16,18,19). The van der Waals surface area contributed by atoms with Crippen molar-refractivity contribution in [2.45, 2.75) is 38.2 Å². The molecule has 0 spiro atoms. The predicted molar refractivity (Wildman–Crippen MR) is 82.2 cm³/mol. The highest BCUT2D eigenvalue weighted by molar-refractivity contribution is 7.89. The van der Waals surface area contributed by atoms with Crippen LogP contribution in [0.5, 0.6) is 0 Å². The molecular weight excluding hydrogens is 337 g/mol. The molecule has 1 atom stereocenters. The molecule has 0 fully saturated rings. The van der Waals surface area contributed by atoms with Gasteiger partial charge in [0, 0.05) is 5.02 Å². The van der Waals surface area contributed by atoms with Crippen LogP contribution >= 0.6 is 23.2 Å². The van der Waals surface area contributed by atoms with Crippen molar-refractivity contribution in [3.05, 3.63) is 27.7 Å². The first-order chi connectivity index (χ1) is 9.52. The van der Waals surface area contributed by atoms with Crippen LogP contribution in [0.25, 0.3) is 0 Å². The Kier molecular flexibility index (Phi) is 6.04.